The van der Waals surface area contributed by atoms with Crippen LogP contribution in [0.5, 0.6) is 5.75 Å². The summed E-state index contributed by atoms with van der Waals surface area (Å²) in [5.41, 5.74) is 7.90. The number of nitrogens with zero attached hydrogens (tertiary/aromatic N) is 4. The first kappa shape index (κ1) is 12.9. The molecular formula is C14H19N5O. The van der Waals surface area contributed by atoms with E-state index in [0.29, 0.717) is 11.9 Å². The molecule has 1 saturated heterocycles. The second-order valence-corrected chi connectivity index (χ2v) is 5.29. The van der Waals surface area contributed by atoms with E-state index in [9.17, 15) is 0 Å². The summed E-state index contributed by atoms with van der Waals surface area (Å²) in [4.78, 5) is 12.9. The number of nitrogens with two attached hydrogens (primary N) is 1. The predicted octanol–water partition coefficient (Wildman–Crippen LogP) is 0.971. The SMILES string of the molecule is COc1ccc2ncnc(N)c2c1N1CC(N(C)C)C1. The van der Waals surface area contributed by atoms with Gasteiger partial charge in [0.1, 0.15) is 17.9 Å². The van der Waals surface area contributed by atoms with E-state index in [1.54, 1.807) is 7.11 Å². The number of ether oxygens (including phenoxy) is 1. The normalized spacial score (nSPS) is 15.7. The highest BCUT2D eigenvalue weighted by Gasteiger charge is 2.32. The first-order valence-electron chi connectivity index (χ1n) is 6.60. The number of benzene rings is 1. The maximum atomic E-state index is 6.05. The minimum Gasteiger partial charge on any atom is -0.495 e. The number of aromatic nitrogens is 2. The highest BCUT2D eigenvalue weighted by Crippen LogP contribution is 2.40. The van der Waals surface area contributed by atoms with Crippen molar-refractivity contribution in [3.63, 3.8) is 0 Å². The van der Waals surface area contributed by atoms with Crippen LogP contribution in [0.2, 0.25) is 0 Å². The number of fused-ring (bicyclic) bond motifs is 1. The molecule has 20 heavy (non-hydrogen) atoms. The van der Waals surface area contributed by atoms with Crippen LogP contribution in [0.15, 0.2) is 18.5 Å². The largest absolute Gasteiger partial charge is 0.495 e. The van der Waals surface area contributed by atoms with Crippen molar-refractivity contribution in [2.75, 3.05) is 44.9 Å². The molecule has 1 aliphatic rings. The third-order valence-corrected chi connectivity index (χ3v) is 3.90. The lowest BCUT2D eigenvalue weighted by atomic mass is 10.0. The number of hydrogen-bond acceptors (Lipinski definition) is 6. The summed E-state index contributed by atoms with van der Waals surface area (Å²) >= 11 is 0. The minimum atomic E-state index is 0.497. The summed E-state index contributed by atoms with van der Waals surface area (Å²) in [6.07, 6.45) is 1.49. The summed E-state index contributed by atoms with van der Waals surface area (Å²) in [6, 6.07) is 4.41. The molecule has 1 aliphatic heterocycles. The molecule has 0 unspecified atom stereocenters. The van der Waals surface area contributed by atoms with Crippen LogP contribution in [-0.2, 0) is 0 Å². The molecule has 1 aromatic carbocycles. The first-order chi connectivity index (χ1) is 9.61. The molecule has 6 nitrogen and oxygen atoms in total. The lowest BCUT2D eigenvalue weighted by Crippen LogP contribution is -2.57. The second kappa shape index (κ2) is 4.79. The Bertz CT molecular complexity index is 637. The van der Waals surface area contributed by atoms with E-state index in [1.165, 1.54) is 6.33 Å². The number of rotatable bonds is 3. The predicted molar refractivity (Wildman–Crippen MR) is 80.2 cm³/mol. The highest BCUT2D eigenvalue weighted by molar-refractivity contribution is 6.02. The van der Waals surface area contributed by atoms with Gasteiger partial charge >= 0.3 is 0 Å². The molecule has 106 valence electrons. The maximum absolute atomic E-state index is 6.05. The van der Waals surface area contributed by atoms with Gasteiger partial charge in [-0.2, -0.15) is 0 Å². The number of likely N-dealkylation sites (N-methyl/N-ethyl adjacent to an activating group) is 1. The summed E-state index contributed by atoms with van der Waals surface area (Å²) in [5, 5.41) is 0.879. The molecule has 0 atom stereocenters. The van der Waals surface area contributed by atoms with Gasteiger partial charge in [0.2, 0.25) is 0 Å². The van der Waals surface area contributed by atoms with Crippen molar-refractivity contribution in [1.29, 1.82) is 0 Å². The van der Waals surface area contributed by atoms with Gasteiger partial charge in [0.25, 0.3) is 0 Å². The minimum absolute atomic E-state index is 0.497. The van der Waals surface area contributed by atoms with Crippen LogP contribution in [0.3, 0.4) is 0 Å². The summed E-state index contributed by atoms with van der Waals surface area (Å²) in [7, 11) is 5.87. The zero-order valence-corrected chi connectivity index (χ0v) is 12.0. The lowest BCUT2D eigenvalue weighted by Gasteiger charge is -2.45. The second-order valence-electron chi connectivity index (χ2n) is 5.29. The summed E-state index contributed by atoms with van der Waals surface area (Å²) in [6.45, 7) is 1.91. The Hall–Kier alpha value is -2.08. The molecule has 1 aromatic heterocycles. The van der Waals surface area contributed by atoms with Crippen LogP contribution in [0.1, 0.15) is 0 Å². The van der Waals surface area contributed by atoms with Crippen molar-refractivity contribution in [3.05, 3.63) is 18.5 Å². The van der Waals surface area contributed by atoms with Gasteiger partial charge in [-0.15, -0.1) is 0 Å². The van der Waals surface area contributed by atoms with Crippen LogP contribution in [-0.4, -0.2) is 55.2 Å². The van der Waals surface area contributed by atoms with E-state index in [0.717, 1.165) is 35.4 Å². The Kier molecular flexibility index (Phi) is 3.10. The fraction of sp³-hybridized carbons (Fsp3) is 0.429. The van der Waals surface area contributed by atoms with Gasteiger partial charge in [0.15, 0.2) is 0 Å². The Balaban J connectivity index is 2.08. The number of nitrogen functional groups attached to an aromatic ring is 1. The van der Waals surface area contributed by atoms with Crippen molar-refractivity contribution in [3.8, 4) is 5.75 Å². The van der Waals surface area contributed by atoms with Crippen molar-refractivity contribution in [1.82, 2.24) is 14.9 Å². The Labute approximate surface area is 118 Å². The van der Waals surface area contributed by atoms with Crippen LogP contribution >= 0.6 is 0 Å². The molecule has 2 N–H and O–H groups in total. The highest BCUT2D eigenvalue weighted by atomic mass is 16.5. The van der Waals surface area contributed by atoms with Crippen molar-refractivity contribution in [2.24, 2.45) is 0 Å². The molecule has 2 aromatic rings. The van der Waals surface area contributed by atoms with Gasteiger partial charge in [0, 0.05) is 19.1 Å². The van der Waals surface area contributed by atoms with Crippen molar-refractivity contribution >= 4 is 22.4 Å². The Morgan fingerprint density at radius 1 is 1.30 bits per heavy atom. The zero-order chi connectivity index (χ0) is 14.3. The molecule has 0 spiro atoms. The third-order valence-electron chi connectivity index (χ3n) is 3.90. The fourth-order valence-corrected chi connectivity index (χ4v) is 2.58. The van der Waals surface area contributed by atoms with Crippen LogP contribution in [0.25, 0.3) is 10.9 Å². The molecule has 0 amide bonds. The average Bonchev–Trinajstić information content (AvgIpc) is 2.36. The summed E-state index contributed by atoms with van der Waals surface area (Å²) in [5.74, 6) is 1.31. The topological polar surface area (TPSA) is 67.5 Å². The molecule has 6 heteroatoms. The zero-order valence-electron chi connectivity index (χ0n) is 12.0. The number of anilines is 2. The molecule has 0 bridgehead atoms. The van der Waals surface area contributed by atoms with Gasteiger partial charge in [-0.05, 0) is 26.2 Å². The fourth-order valence-electron chi connectivity index (χ4n) is 2.58. The van der Waals surface area contributed by atoms with E-state index in [1.807, 2.05) is 12.1 Å². The van der Waals surface area contributed by atoms with E-state index in [-0.39, 0.29) is 0 Å². The molecule has 3 rings (SSSR count). The van der Waals surface area contributed by atoms with Crippen LogP contribution in [0.4, 0.5) is 11.5 Å². The molecular weight excluding hydrogens is 254 g/mol. The molecule has 0 radical (unpaired) electrons. The first-order valence-corrected chi connectivity index (χ1v) is 6.60. The van der Waals surface area contributed by atoms with Crippen molar-refractivity contribution < 1.29 is 4.74 Å². The van der Waals surface area contributed by atoms with Gasteiger partial charge < -0.3 is 20.3 Å². The standard InChI is InChI=1S/C14H19N5O/c1-18(2)9-6-19(7-9)13-11(20-3)5-4-10-12(13)14(15)17-8-16-10/h4-5,8-9H,6-7H2,1-3H3,(H2,15,16,17). The van der Waals surface area contributed by atoms with E-state index in [4.69, 9.17) is 10.5 Å². The van der Waals surface area contributed by atoms with Gasteiger partial charge in [-0.1, -0.05) is 0 Å². The van der Waals surface area contributed by atoms with Crippen LogP contribution < -0.4 is 15.4 Å². The molecule has 2 heterocycles. The van der Waals surface area contributed by atoms with E-state index in [2.05, 4.69) is 33.9 Å². The molecule has 0 aliphatic carbocycles. The molecule has 1 fully saturated rings. The number of hydrogen-bond donors (Lipinski definition) is 1. The maximum Gasteiger partial charge on any atom is 0.143 e. The van der Waals surface area contributed by atoms with Crippen LogP contribution in [0, 0.1) is 0 Å². The number of methoxy groups -OCH3 is 1. The Morgan fingerprint density at radius 2 is 2.05 bits per heavy atom. The van der Waals surface area contributed by atoms with E-state index < -0.39 is 0 Å². The Morgan fingerprint density at radius 3 is 2.70 bits per heavy atom. The van der Waals surface area contributed by atoms with E-state index >= 15 is 0 Å². The summed E-state index contributed by atoms with van der Waals surface area (Å²) < 4.78 is 5.49. The quantitative estimate of drug-likeness (QED) is 0.899. The third kappa shape index (κ3) is 1.92. The van der Waals surface area contributed by atoms with Gasteiger partial charge in [-0.25, -0.2) is 9.97 Å². The van der Waals surface area contributed by atoms with Gasteiger partial charge in [0.05, 0.1) is 23.7 Å². The van der Waals surface area contributed by atoms with Crippen molar-refractivity contribution in [2.45, 2.75) is 6.04 Å². The monoisotopic (exact) mass is 273 g/mol. The van der Waals surface area contributed by atoms with Gasteiger partial charge in [-0.3, -0.25) is 0 Å². The lowest BCUT2D eigenvalue weighted by molar-refractivity contribution is 0.246. The smallest absolute Gasteiger partial charge is 0.143 e. The molecule has 0 saturated carbocycles. The average molecular weight is 273 g/mol.